The lowest BCUT2D eigenvalue weighted by molar-refractivity contribution is -0.137. The monoisotopic (exact) mass is 486 g/mol. The minimum absolute atomic E-state index is 0.00763. The Morgan fingerprint density at radius 3 is 2.37 bits per heavy atom. The van der Waals surface area contributed by atoms with Crippen LogP contribution in [0.2, 0.25) is 0 Å². The van der Waals surface area contributed by atoms with E-state index in [4.69, 9.17) is 14.2 Å². The van der Waals surface area contributed by atoms with Gasteiger partial charge in [-0.25, -0.2) is 9.59 Å². The summed E-state index contributed by atoms with van der Waals surface area (Å²) in [5.74, 6) is 0.233. The van der Waals surface area contributed by atoms with E-state index in [0.29, 0.717) is 18.3 Å². The highest BCUT2D eigenvalue weighted by molar-refractivity contribution is 5.89. The van der Waals surface area contributed by atoms with Gasteiger partial charge in [0.05, 0.1) is 18.3 Å². The van der Waals surface area contributed by atoms with Crippen molar-refractivity contribution in [3.05, 3.63) is 48.0 Å². The Morgan fingerprint density at radius 1 is 1.00 bits per heavy atom. The van der Waals surface area contributed by atoms with Gasteiger partial charge in [-0.05, 0) is 87.8 Å². The van der Waals surface area contributed by atoms with E-state index in [-0.39, 0.29) is 18.0 Å². The summed E-state index contributed by atoms with van der Waals surface area (Å²) in [7, 11) is 1.82. The van der Waals surface area contributed by atoms with Gasteiger partial charge in [0, 0.05) is 13.2 Å². The third-order valence-electron chi connectivity index (χ3n) is 7.11. The second-order valence-corrected chi connectivity index (χ2v) is 9.86. The number of ether oxygens (including phenoxy) is 3. The first-order chi connectivity index (χ1) is 17.0. The smallest absolute Gasteiger partial charge is 0.338 e. The molecular formula is C30H46O5. The van der Waals surface area contributed by atoms with Crippen LogP contribution in [0.25, 0.3) is 0 Å². The van der Waals surface area contributed by atoms with E-state index in [9.17, 15) is 9.59 Å². The van der Waals surface area contributed by atoms with Crippen molar-refractivity contribution in [2.45, 2.75) is 109 Å². The summed E-state index contributed by atoms with van der Waals surface area (Å²) in [5.41, 5.74) is 1.87. The minimum Gasteiger partial charge on any atom is -0.463 e. The lowest BCUT2D eigenvalue weighted by Crippen LogP contribution is -2.21. The Balaban J connectivity index is 1.65. The van der Waals surface area contributed by atoms with Crippen LogP contribution < -0.4 is 0 Å². The second-order valence-electron chi connectivity index (χ2n) is 9.86. The molecule has 0 radical (unpaired) electrons. The first-order valence-corrected chi connectivity index (χ1v) is 13.7. The fourth-order valence-corrected chi connectivity index (χ4v) is 4.92. The maximum atomic E-state index is 12.7. The predicted molar refractivity (Wildman–Crippen MR) is 140 cm³/mol. The molecule has 0 aromatic heterocycles. The minimum atomic E-state index is -0.356. The van der Waals surface area contributed by atoms with Gasteiger partial charge in [-0.3, -0.25) is 0 Å². The van der Waals surface area contributed by atoms with Crippen LogP contribution in [0.1, 0.15) is 106 Å². The molecule has 1 aliphatic rings. The Hall–Kier alpha value is -2.14. The van der Waals surface area contributed by atoms with Gasteiger partial charge in [-0.2, -0.15) is 0 Å². The number of aryl methyl sites for hydroxylation is 1. The number of esters is 2. The second kappa shape index (κ2) is 17.3. The molecule has 1 aromatic rings. The Labute approximate surface area is 212 Å². The van der Waals surface area contributed by atoms with E-state index in [1.807, 2.05) is 31.4 Å². The summed E-state index contributed by atoms with van der Waals surface area (Å²) in [6.07, 6.45) is 16.8. The van der Waals surface area contributed by atoms with Crippen LogP contribution in [0, 0.1) is 5.92 Å². The molecule has 1 saturated carbocycles. The van der Waals surface area contributed by atoms with Crippen LogP contribution in [0.5, 0.6) is 0 Å². The molecule has 1 fully saturated rings. The summed E-state index contributed by atoms with van der Waals surface area (Å²) in [5, 5.41) is 0. The van der Waals surface area contributed by atoms with E-state index < -0.39 is 0 Å². The molecule has 2 rings (SSSR count). The molecule has 196 valence electrons. The molecule has 5 heteroatoms. The van der Waals surface area contributed by atoms with Crippen LogP contribution in [-0.2, 0) is 25.4 Å². The van der Waals surface area contributed by atoms with Crippen molar-refractivity contribution in [1.29, 1.82) is 0 Å². The molecule has 0 bridgehead atoms. The number of unbranched alkanes of at least 4 members (excludes halogenated alkanes) is 3. The van der Waals surface area contributed by atoms with Gasteiger partial charge in [0.25, 0.3) is 0 Å². The zero-order valence-electron chi connectivity index (χ0n) is 22.0. The van der Waals surface area contributed by atoms with Gasteiger partial charge in [0.15, 0.2) is 0 Å². The van der Waals surface area contributed by atoms with Crippen molar-refractivity contribution in [2.24, 2.45) is 5.92 Å². The summed E-state index contributed by atoms with van der Waals surface area (Å²) in [6, 6.07) is 7.86. The van der Waals surface area contributed by atoms with Crippen molar-refractivity contribution < 1.29 is 23.8 Å². The molecule has 5 nitrogen and oxygen atoms in total. The average molecular weight is 487 g/mol. The van der Waals surface area contributed by atoms with Gasteiger partial charge in [0.2, 0.25) is 0 Å². The molecule has 0 amide bonds. The van der Waals surface area contributed by atoms with Crippen molar-refractivity contribution in [2.75, 3.05) is 13.7 Å². The van der Waals surface area contributed by atoms with Crippen LogP contribution in [0.4, 0.5) is 0 Å². The van der Waals surface area contributed by atoms with E-state index in [0.717, 1.165) is 63.7 Å². The molecule has 35 heavy (non-hydrogen) atoms. The van der Waals surface area contributed by atoms with Crippen LogP contribution in [0.15, 0.2) is 36.9 Å². The van der Waals surface area contributed by atoms with Crippen molar-refractivity contribution in [1.82, 2.24) is 0 Å². The molecule has 0 heterocycles. The van der Waals surface area contributed by atoms with Gasteiger partial charge >= 0.3 is 11.9 Å². The molecule has 0 aliphatic heterocycles. The largest absolute Gasteiger partial charge is 0.463 e. The van der Waals surface area contributed by atoms with E-state index in [2.05, 4.69) is 13.5 Å². The third kappa shape index (κ3) is 11.9. The van der Waals surface area contributed by atoms with Crippen LogP contribution in [-0.4, -0.2) is 37.9 Å². The van der Waals surface area contributed by atoms with Crippen molar-refractivity contribution in [3.8, 4) is 0 Å². The summed E-state index contributed by atoms with van der Waals surface area (Å²) in [4.78, 5) is 23.7. The van der Waals surface area contributed by atoms with Crippen molar-refractivity contribution >= 4 is 11.9 Å². The number of hydrogen-bond acceptors (Lipinski definition) is 5. The molecule has 1 unspecified atom stereocenters. The quantitative estimate of drug-likeness (QED) is 0.132. The zero-order valence-corrected chi connectivity index (χ0v) is 22.0. The van der Waals surface area contributed by atoms with Crippen molar-refractivity contribution in [3.63, 3.8) is 0 Å². The maximum Gasteiger partial charge on any atom is 0.338 e. The first-order valence-electron chi connectivity index (χ1n) is 13.7. The summed E-state index contributed by atoms with van der Waals surface area (Å²) >= 11 is 0. The molecule has 0 spiro atoms. The average Bonchev–Trinajstić information content (AvgIpc) is 2.88. The highest BCUT2D eigenvalue weighted by Crippen LogP contribution is 2.30. The maximum absolute atomic E-state index is 12.7. The molecular weight excluding hydrogens is 440 g/mol. The number of benzene rings is 1. The normalized spacial score (nSPS) is 18.6. The highest BCUT2D eigenvalue weighted by Gasteiger charge is 2.21. The van der Waals surface area contributed by atoms with Gasteiger partial charge in [0.1, 0.15) is 6.10 Å². The molecule has 1 atom stereocenters. The number of hydrogen-bond donors (Lipinski definition) is 0. The van der Waals surface area contributed by atoms with E-state index in [1.165, 1.54) is 43.7 Å². The summed E-state index contributed by atoms with van der Waals surface area (Å²) < 4.78 is 16.4. The van der Waals surface area contributed by atoms with Gasteiger partial charge in [-0.15, -0.1) is 0 Å². The molecule has 1 aliphatic carbocycles. The lowest BCUT2D eigenvalue weighted by Gasteiger charge is -2.28. The highest BCUT2D eigenvalue weighted by atomic mass is 16.5. The predicted octanol–water partition coefficient (Wildman–Crippen LogP) is 7.22. The van der Waals surface area contributed by atoms with E-state index >= 15 is 0 Å². The van der Waals surface area contributed by atoms with Crippen LogP contribution >= 0.6 is 0 Å². The number of methoxy groups -OCH3 is 1. The molecule has 0 N–H and O–H groups in total. The lowest BCUT2D eigenvalue weighted by atomic mass is 9.84. The Kier molecular flexibility index (Phi) is 14.4. The fourth-order valence-electron chi connectivity index (χ4n) is 4.92. The SMILES string of the molecule is C=CC(=O)OCCCCCCc1ccc(C(=O)OC(CCC)CCCC2CCC(OC)CC2)cc1. The number of rotatable bonds is 17. The number of carbonyl (C=O) groups excluding carboxylic acids is 2. The molecule has 0 saturated heterocycles. The number of carbonyl (C=O) groups is 2. The Bertz CT molecular complexity index is 734. The van der Waals surface area contributed by atoms with Gasteiger partial charge < -0.3 is 14.2 Å². The van der Waals surface area contributed by atoms with E-state index in [1.54, 1.807) is 0 Å². The fraction of sp³-hybridized carbons (Fsp3) is 0.667. The first kappa shape index (κ1) is 29.1. The zero-order chi connectivity index (χ0) is 25.3. The Morgan fingerprint density at radius 2 is 1.71 bits per heavy atom. The van der Waals surface area contributed by atoms with Crippen LogP contribution in [0.3, 0.4) is 0 Å². The topological polar surface area (TPSA) is 61.8 Å². The standard InChI is InChI=1S/C30H46O5/c1-4-11-28(14-10-13-25-17-21-27(33-3)22-18-25)35-30(32)26-19-15-24(16-20-26)12-8-6-7-9-23-34-29(31)5-2/h5,15-16,19-20,25,27-28H,2,4,6-14,17-18,21-23H2,1,3H3. The van der Waals surface area contributed by atoms with Gasteiger partial charge in [-0.1, -0.05) is 51.3 Å². The third-order valence-corrected chi connectivity index (χ3v) is 7.11. The molecule has 1 aromatic carbocycles. The summed E-state index contributed by atoms with van der Waals surface area (Å²) in [6.45, 7) is 5.99.